The molecular formula is C18H22O6. The maximum Gasteiger partial charge on any atom is 0.346 e. The van der Waals surface area contributed by atoms with Crippen LogP contribution in [0.1, 0.15) is 25.8 Å². The average molecular weight is 334 g/mol. The van der Waals surface area contributed by atoms with Crippen molar-refractivity contribution in [2.75, 3.05) is 14.2 Å². The quantitative estimate of drug-likeness (QED) is 0.610. The Morgan fingerprint density at radius 2 is 2.00 bits per heavy atom. The van der Waals surface area contributed by atoms with Gasteiger partial charge in [-0.3, -0.25) is 4.79 Å². The van der Waals surface area contributed by atoms with Crippen LogP contribution < -0.4 is 9.47 Å². The lowest BCUT2D eigenvalue weighted by atomic mass is 9.99. The normalized spacial score (nSPS) is 17.2. The average Bonchev–Trinajstić information content (AvgIpc) is 2.81. The number of cyclic esters (lactones) is 1. The summed E-state index contributed by atoms with van der Waals surface area (Å²) in [4.78, 5) is 24.4. The largest absolute Gasteiger partial charge is 0.507 e. The Morgan fingerprint density at radius 1 is 1.29 bits per heavy atom. The van der Waals surface area contributed by atoms with Crippen molar-refractivity contribution in [1.29, 1.82) is 0 Å². The molecule has 0 fully saturated rings. The Balaban J connectivity index is 2.23. The van der Waals surface area contributed by atoms with E-state index in [0.717, 1.165) is 0 Å². The lowest BCUT2D eigenvalue weighted by Gasteiger charge is -2.11. The van der Waals surface area contributed by atoms with Crippen molar-refractivity contribution in [3.8, 4) is 11.5 Å². The van der Waals surface area contributed by atoms with Gasteiger partial charge in [-0.1, -0.05) is 19.9 Å². The number of rotatable bonds is 7. The minimum atomic E-state index is -0.768. The third kappa shape index (κ3) is 3.69. The van der Waals surface area contributed by atoms with Gasteiger partial charge in [0.25, 0.3) is 0 Å². The predicted molar refractivity (Wildman–Crippen MR) is 87.2 cm³/mol. The van der Waals surface area contributed by atoms with Crippen LogP contribution >= 0.6 is 0 Å². The predicted octanol–water partition coefficient (Wildman–Crippen LogP) is 2.60. The molecule has 0 aromatic heterocycles. The van der Waals surface area contributed by atoms with Gasteiger partial charge in [-0.15, -0.1) is 0 Å². The molecule has 24 heavy (non-hydrogen) atoms. The summed E-state index contributed by atoms with van der Waals surface area (Å²) in [6, 6.07) is 5.05. The first kappa shape index (κ1) is 17.8. The molecule has 0 saturated carbocycles. The van der Waals surface area contributed by atoms with Crippen molar-refractivity contribution >= 4 is 11.8 Å². The van der Waals surface area contributed by atoms with Gasteiger partial charge in [-0.25, -0.2) is 4.79 Å². The van der Waals surface area contributed by atoms with Crippen molar-refractivity contribution < 1.29 is 28.9 Å². The van der Waals surface area contributed by atoms with Gasteiger partial charge in [0.1, 0.15) is 17.1 Å². The van der Waals surface area contributed by atoms with Crippen molar-refractivity contribution in [2.24, 2.45) is 5.92 Å². The van der Waals surface area contributed by atoms with Crippen LogP contribution in [0.3, 0.4) is 0 Å². The third-order valence-electron chi connectivity index (χ3n) is 3.82. The van der Waals surface area contributed by atoms with Crippen molar-refractivity contribution in [2.45, 2.75) is 32.8 Å². The Hall–Kier alpha value is -2.50. The summed E-state index contributed by atoms with van der Waals surface area (Å²) < 4.78 is 15.5. The molecule has 0 saturated heterocycles. The molecule has 0 aliphatic carbocycles. The number of ketones is 1. The van der Waals surface area contributed by atoms with Crippen LogP contribution in [0.2, 0.25) is 0 Å². The summed E-state index contributed by atoms with van der Waals surface area (Å²) in [5.41, 5.74) is 0.335. The zero-order valence-electron chi connectivity index (χ0n) is 14.3. The minimum absolute atomic E-state index is 0.0734. The van der Waals surface area contributed by atoms with Crippen molar-refractivity contribution in [3.63, 3.8) is 0 Å². The van der Waals surface area contributed by atoms with E-state index in [1.165, 1.54) is 14.2 Å². The molecule has 1 unspecified atom stereocenters. The van der Waals surface area contributed by atoms with Crippen LogP contribution in [-0.2, 0) is 20.7 Å². The second-order valence-corrected chi connectivity index (χ2v) is 6.06. The van der Waals surface area contributed by atoms with Gasteiger partial charge >= 0.3 is 5.97 Å². The number of esters is 1. The third-order valence-corrected chi connectivity index (χ3v) is 3.82. The monoisotopic (exact) mass is 334 g/mol. The molecule has 1 aromatic carbocycles. The van der Waals surface area contributed by atoms with E-state index >= 15 is 0 Å². The number of benzene rings is 1. The highest BCUT2D eigenvalue weighted by Gasteiger charge is 2.38. The zero-order chi connectivity index (χ0) is 17.9. The lowest BCUT2D eigenvalue weighted by molar-refractivity contribution is -0.141. The topological polar surface area (TPSA) is 82.1 Å². The maximum atomic E-state index is 12.5. The molecule has 0 radical (unpaired) electrons. The summed E-state index contributed by atoms with van der Waals surface area (Å²) in [7, 11) is 3.02. The van der Waals surface area contributed by atoms with Crippen LogP contribution in [-0.4, -0.2) is 37.2 Å². The lowest BCUT2D eigenvalue weighted by Crippen LogP contribution is -2.14. The summed E-state index contributed by atoms with van der Waals surface area (Å²) in [5.74, 6) is -0.231. The Labute approximate surface area is 141 Å². The number of aliphatic hydroxyl groups excluding tert-OH is 1. The summed E-state index contributed by atoms with van der Waals surface area (Å²) in [6.45, 7) is 3.90. The summed E-state index contributed by atoms with van der Waals surface area (Å²) in [6.07, 6.45) is -0.342. The first-order chi connectivity index (χ1) is 11.4. The van der Waals surface area contributed by atoms with E-state index in [4.69, 9.17) is 14.2 Å². The first-order valence-electron chi connectivity index (χ1n) is 7.75. The standard InChI is InChI=1S/C18H22O6/c1-10(2)7-15-17(20)16(18(21)24-15)13(19)8-11-5-6-12(22-3)9-14(11)23-4/h5-6,9-10,15,20H,7-8H2,1-4H3. The highest BCUT2D eigenvalue weighted by atomic mass is 16.6. The smallest absolute Gasteiger partial charge is 0.346 e. The van der Waals surface area contributed by atoms with E-state index in [0.29, 0.717) is 23.5 Å². The number of hydrogen-bond acceptors (Lipinski definition) is 6. The highest BCUT2D eigenvalue weighted by molar-refractivity contribution is 6.19. The van der Waals surface area contributed by atoms with Gasteiger partial charge in [0, 0.05) is 18.1 Å². The molecule has 1 aliphatic rings. The van der Waals surface area contributed by atoms with E-state index in [9.17, 15) is 14.7 Å². The van der Waals surface area contributed by atoms with E-state index in [1.54, 1.807) is 18.2 Å². The minimum Gasteiger partial charge on any atom is -0.507 e. The number of methoxy groups -OCH3 is 2. The zero-order valence-corrected chi connectivity index (χ0v) is 14.3. The molecule has 0 bridgehead atoms. The van der Waals surface area contributed by atoms with Crippen molar-refractivity contribution in [1.82, 2.24) is 0 Å². The van der Waals surface area contributed by atoms with Gasteiger partial charge in [-0.05, 0) is 18.4 Å². The van der Waals surface area contributed by atoms with Gasteiger partial charge < -0.3 is 19.3 Å². The van der Waals surface area contributed by atoms with E-state index < -0.39 is 17.9 Å². The Kier molecular flexibility index (Phi) is 5.49. The molecule has 1 aromatic rings. The van der Waals surface area contributed by atoms with Crippen LogP contribution in [0, 0.1) is 5.92 Å². The molecule has 0 amide bonds. The van der Waals surface area contributed by atoms with Crippen LogP contribution in [0.25, 0.3) is 0 Å². The number of hydrogen-bond donors (Lipinski definition) is 1. The fourth-order valence-electron chi connectivity index (χ4n) is 2.61. The molecule has 1 aliphatic heterocycles. The molecule has 1 heterocycles. The Bertz CT molecular complexity index is 674. The maximum absolute atomic E-state index is 12.5. The number of ether oxygens (including phenoxy) is 3. The second kappa shape index (κ2) is 7.38. The fourth-order valence-corrected chi connectivity index (χ4v) is 2.61. The number of aliphatic hydroxyl groups is 1. The van der Waals surface area contributed by atoms with E-state index in [1.807, 2.05) is 13.8 Å². The molecule has 1 N–H and O–H groups in total. The molecule has 0 spiro atoms. The number of carbonyl (C=O) groups is 2. The van der Waals surface area contributed by atoms with E-state index in [2.05, 4.69) is 0 Å². The van der Waals surface area contributed by atoms with Gasteiger partial charge in [0.2, 0.25) is 0 Å². The van der Waals surface area contributed by atoms with Gasteiger partial charge in [0.05, 0.1) is 14.2 Å². The molecule has 2 rings (SSSR count). The number of Topliss-reactive ketones (excluding diaryl/α,β-unsaturated/α-hetero) is 1. The highest BCUT2D eigenvalue weighted by Crippen LogP contribution is 2.29. The molecular weight excluding hydrogens is 312 g/mol. The summed E-state index contributed by atoms with van der Waals surface area (Å²) >= 11 is 0. The van der Waals surface area contributed by atoms with E-state index in [-0.39, 0.29) is 23.7 Å². The van der Waals surface area contributed by atoms with Crippen LogP contribution in [0.4, 0.5) is 0 Å². The van der Waals surface area contributed by atoms with Gasteiger partial charge in [0.15, 0.2) is 17.6 Å². The van der Waals surface area contributed by atoms with Crippen LogP contribution in [0.15, 0.2) is 29.5 Å². The fraction of sp³-hybridized carbons (Fsp3) is 0.444. The van der Waals surface area contributed by atoms with Crippen LogP contribution in [0.5, 0.6) is 11.5 Å². The second-order valence-electron chi connectivity index (χ2n) is 6.06. The SMILES string of the molecule is COc1ccc(CC(=O)C2=C(O)C(CC(C)C)OC2=O)c(OC)c1. The Morgan fingerprint density at radius 3 is 2.58 bits per heavy atom. The molecule has 130 valence electrons. The summed E-state index contributed by atoms with van der Waals surface area (Å²) in [5, 5.41) is 10.2. The van der Waals surface area contributed by atoms with Gasteiger partial charge in [-0.2, -0.15) is 0 Å². The van der Waals surface area contributed by atoms with Crippen molar-refractivity contribution in [3.05, 3.63) is 35.1 Å². The molecule has 6 heteroatoms. The molecule has 1 atom stereocenters. The molecule has 6 nitrogen and oxygen atoms in total. The number of carbonyl (C=O) groups excluding carboxylic acids is 2. The first-order valence-corrected chi connectivity index (χ1v) is 7.75.